The fraction of sp³-hybridized carbons (Fsp3) is 0.435. The molecule has 1 saturated heterocycles. The molecule has 3 rings (SSSR count). The van der Waals surface area contributed by atoms with Gasteiger partial charge in [-0.3, -0.25) is 4.79 Å². The lowest BCUT2D eigenvalue weighted by molar-refractivity contribution is -0.123. The summed E-state index contributed by atoms with van der Waals surface area (Å²) in [6.07, 6.45) is 2.06. The Labute approximate surface area is 188 Å². The molecule has 1 N–H and O–H groups in total. The van der Waals surface area contributed by atoms with Crippen molar-refractivity contribution >= 4 is 29.1 Å². The number of amides is 1. The zero-order valence-electron chi connectivity index (χ0n) is 17.2. The molecule has 7 heteroatoms. The first kappa shape index (κ1) is 22.7. The van der Waals surface area contributed by atoms with Crippen molar-refractivity contribution in [3.05, 3.63) is 58.1 Å². The van der Waals surface area contributed by atoms with Gasteiger partial charge in [0.15, 0.2) is 6.61 Å². The maximum Gasteiger partial charge on any atom is 0.257 e. The van der Waals surface area contributed by atoms with E-state index in [4.69, 9.17) is 32.7 Å². The highest BCUT2D eigenvalue weighted by atomic mass is 35.5. The van der Waals surface area contributed by atoms with E-state index in [0.29, 0.717) is 29.8 Å². The fourth-order valence-electron chi connectivity index (χ4n) is 3.46. The topological polar surface area (TPSA) is 50.8 Å². The molecule has 1 atom stereocenters. The number of hydrogen-bond acceptors (Lipinski definition) is 4. The van der Waals surface area contributed by atoms with E-state index in [1.54, 1.807) is 24.3 Å². The van der Waals surface area contributed by atoms with E-state index in [2.05, 4.69) is 10.2 Å². The van der Waals surface area contributed by atoms with Crippen LogP contribution in [0.5, 0.6) is 11.5 Å². The van der Waals surface area contributed by atoms with Crippen molar-refractivity contribution in [2.45, 2.75) is 19.8 Å². The molecule has 0 bridgehead atoms. The maximum atomic E-state index is 12.0. The summed E-state index contributed by atoms with van der Waals surface area (Å²) in [4.78, 5) is 14.4. The fourth-order valence-corrected chi connectivity index (χ4v) is 3.70. The first-order valence-corrected chi connectivity index (χ1v) is 11.0. The number of aryl methyl sites for hydroxylation is 1. The standard InChI is InChI=1S/C23H28Cl2N2O3/c1-17-13-21(7-8-22(17)25)29-12-2-10-27-11-9-18(15-27)14-26-23(28)16-30-20-5-3-19(24)4-6-20/h3-8,13,18H,2,9-12,14-16H2,1H3,(H,26,28)/t18-/m1/s1. The SMILES string of the molecule is Cc1cc(OCCCN2CC[C@H](CNC(=O)COc3ccc(Cl)cc3)C2)ccc1Cl. The van der Waals surface area contributed by atoms with Gasteiger partial charge in [-0.25, -0.2) is 0 Å². The summed E-state index contributed by atoms with van der Waals surface area (Å²) in [5.74, 6) is 1.87. The van der Waals surface area contributed by atoms with E-state index >= 15 is 0 Å². The van der Waals surface area contributed by atoms with Crippen LogP contribution in [0.3, 0.4) is 0 Å². The average molecular weight is 451 g/mol. The molecule has 0 aliphatic carbocycles. The maximum absolute atomic E-state index is 12.0. The minimum absolute atomic E-state index is 0.0135. The summed E-state index contributed by atoms with van der Waals surface area (Å²) in [6.45, 7) is 6.40. The van der Waals surface area contributed by atoms with E-state index in [0.717, 1.165) is 48.8 Å². The number of nitrogens with zero attached hydrogens (tertiary/aromatic N) is 1. The minimum atomic E-state index is -0.102. The highest BCUT2D eigenvalue weighted by molar-refractivity contribution is 6.31. The van der Waals surface area contributed by atoms with Crippen molar-refractivity contribution in [3.63, 3.8) is 0 Å². The van der Waals surface area contributed by atoms with Gasteiger partial charge in [0.25, 0.3) is 5.91 Å². The second-order valence-corrected chi connectivity index (χ2v) is 8.46. The zero-order chi connectivity index (χ0) is 21.3. The lowest BCUT2D eigenvalue weighted by Gasteiger charge is -2.16. The minimum Gasteiger partial charge on any atom is -0.494 e. The normalized spacial score (nSPS) is 16.4. The van der Waals surface area contributed by atoms with Gasteiger partial charge in [-0.2, -0.15) is 0 Å². The Morgan fingerprint density at radius 3 is 2.67 bits per heavy atom. The van der Waals surface area contributed by atoms with E-state index < -0.39 is 0 Å². The third kappa shape index (κ3) is 7.38. The summed E-state index contributed by atoms with van der Waals surface area (Å²) in [5.41, 5.74) is 1.03. The number of hydrogen-bond donors (Lipinski definition) is 1. The van der Waals surface area contributed by atoms with Crippen LogP contribution in [-0.4, -0.2) is 50.2 Å². The first-order chi connectivity index (χ1) is 14.5. The average Bonchev–Trinajstić information content (AvgIpc) is 3.19. The number of nitrogens with one attached hydrogen (secondary N) is 1. The number of benzene rings is 2. The van der Waals surface area contributed by atoms with Crippen LogP contribution in [0.4, 0.5) is 0 Å². The highest BCUT2D eigenvalue weighted by Gasteiger charge is 2.22. The van der Waals surface area contributed by atoms with Crippen LogP contribution in [0.1, 0.15) is 18.4 Å². The van der Waals surface area contributed by atoms with Crippen molar-refractivity contribution in [2.75, 3.05) is 39.4 Å². The van der Waals surface area contributed by atoms with Gasteiger partial charge in [0.2, 0.25) is 0 Å². The third-order valence-electron chi connectivity index (χ3n) is 5.16. The van der Waals surface area contributed by atoms with Crippen molar-refractivity contribution in [1.82, 2.24) is 10.2 Å². The third-order valence-corrected chi connectivity index (χ3v) is 5.83. The van der Waals surface area contributed by atoms with Crippen molar-refractivity contribution in [3.8, 4) is 11.5 Å². The second kappa shape index (κ2) is 11.4. The smallest absolute Gasteiger partial charge is 0.257 e. The molecule has 1 aliphatic heterocycles. The number of carbonyl (C=O) groups excluding carboxylic acids is 1. The predicted molar refractivity (Wildman–Crippen MR) is 121 cm³/mol. The summed E-state index contributed by atoms with van der Waals surface area (Å²) in [5, 5.41) is 4.37. The molecule has 0 radical (unpaired) electrons. The Kier molecular flexibility index (Phi) is 8.67. The van der Waals surface area contributed by atoms with Gasteiger partial charge in [-0.05, 0) is 80.3 Å². The van der Waals surface area contributed by atoms with Crippen LogP contribution in [0.2, 0.25) is 10.0 Å². The number of likely N-dealkylation sites (tertiary alicyclic amines) is 1. The van der Waals surface area contributed by atoms with Gasteiger partial charge in [0.05, 0.1) is 6.61 Å². The Hall–Kier alpha value is -1.95. The summed E-state index contributed by atoms with van der Waals surface area (Å²) in [7, 11) is 0. The van der Waals surface area contributed by atoms with Crippen molar-refractivity contribution in [2.24, 2.45) is 5.92 Å². The quantitative estimate of drug-likeness (QED) is 0.537. The van der Waals surface area contributed by atoms with E-state index in [9.17, 15) is 4.79 Å². The molecule has 2 aromatic carbocycles. The Morgan fingerprint density at radius 2 is 1.90 bits per heavy atom. The number of carbonyl (C=O) groups is 1. The van der Waals surface area contributed by atoms with Gasteiger partial charge >= 0.3 is 0 Å². The lowest BCUT2D eigenvalue weighted by Crippen LogP contribution is -2.34. The van der Waals surface area contributed by atoms with Gasteiger partial charge in [-0.15, -0.1) is 0 Å². The molecular formula is C23H28Cl2N2O3. The Morgan fingerprint density at radius 1 is 1.13 bits per heavy atom. The van der Waals surface area contributed by atoms with E-state index in [-0.39, 0.29) is 12.5 Å². The molecule has 1 heterocycles. The lowest BCUT2D eigenvalue weighted by atomic mass is 10.1. The number of rotatable bonds is 10. The molecule has 0 spiro atoms. The van der Waals surface area contributed by atoms with E-state index in [1.165, 1.54) is 0 Å². The number of halogens is 2. The molecule has 0 saturated carbocycles. The van der Waals surface area contributed by atoms with Crippen molar-refractivity contribution in [1.29, 1.82) is 0 Å². The highest BCUT2D eigenvalue weighted by Crippen LogP contribution is 2.21. The molecule has 30 heavy (non-hydrogen) atoms. The zero-order valence-corrected chi connectivity index (χ0v) is 18.7. The molecule has 1 amide bonds. The van der Waals surface area contributed by atoms with Gasteiger partial charge in [0, 0.05) is 29.7 Å². The van der Waals surface area contributed by atoms with Crippen LogP contribution in [-0.2, 0) is 4.79 Å². The molecule has 0 aromatic heterocycles. The van der Waals surface area contributed by atoms with Crippen molar-refractivity contribution < 1.29 is 14.3 Å². The second-order valence-electron chi connectivity index (χ2n) is 7.61. The van der Waals surface area contributed by atoms with Crippen LogP contribution < -0.4 is 14.8 Å². The summed E-state index contributed by atoms with van der Waals surface area (Å²) in [6, 6.07) is 12.7. The molecule has 5 nitrogen and oxygen atoms in total. The van der Waals surface area contributed by atoms with Crippen LogP contribution in [0.15, 0.2) is 42.5 Å². The Bertz CT molecular complexity index is 830. The first-order valence-electron chi connectivity index (χ1n) is 10.3. The summed E-state index contributed by atoms with van der Waals surface area (Å²) < 4.78 is 11.3. The van der Waals surface area contributed by atoms with Gasteiger partial charge in [0.1, 0.15) is 11.5 Å². The summed E-state index contributed by atoms with van der Waals surface area (Å²) >= 11 is 11.9. The van der Waals surface area contributed by atoms with E-state index in [1.807, 2.05) is 25.1 Å². The molecule has 0 unspecified atom stereocenters. The molecule has 1 aliphatic rings. The molecule has 1 fully saturated rings. The Balaban J connectivity index is 1.26. The van der Waals surface area contributed by atoms with Crippen LogP contribution in [0.25, 0.3) is 0 Å². The largest absolute Gasteiger partial charge is 0.494 e. The number of ether oxygens (including phenoxy) is 2. The molecule has 2 aromatic rings. The van der Waals surface area contributed by atoms with Crippen LogP contribution in [0, 0.1) is 12.8 Å². The van der Waals surface area contributed by atoms with Gasteiger partial charge < -0.3 is 19.7 Å². The van der Waals surface area contributed by atoms with Gasteiger partial charge in [-0.1, -0.05) is 23.2 Å². The monoisotopic (exact) mass is 450 g/mol. The molecular weight excluding hydrogens is 423 g/mol. The molecule has 162 valence electrons. The predicted octanol–water partition coefficient (Wildman–Crippen LogP) is 4.59. The van der Waals surface area contributed by atoms with Crippen LogP contribution >= 0.6 is 23.2 Å².